The van der Waals surface area contributed by atoms with Gasteiger partial charge in [-0.1, -0.05) is 25.5 Å². The molecule has 0 aliphatic heterocycles. The van der Waals surface area contributed by atoms with Crippen LogP contribution in [0.4, 0.5) is 0 Å². The fourth-order valence-corrected chi connectivity index (χ4v) is 2.68. The minimum Gasteiger partial charge on any atom is -0.491 e. The van der Waals surface area contributed by atoms with Gasteiger partial charge in [0.2, 0.25) is 0 Å². The second kappa shape index (κ2) is 15.1. The van der Waals surface area contributed by atoms with Gasteiger partial charge >= 0.3 is 0 Å². The maximum absolute atomic E-state index is 9.19. The molecule has 0 amide bonds. The summed E-state index contributed by atoms with van der Waals surface area (Å²) >= 11 is 0. The molecule has 3 N–H and O–H groups in total. The highest BCUT2D eigenvalue weighted by molar-refractivity contribution is 14.0. The topological polar surface area (TPSA) is 65.9 Å². The van der Waals surface area contributed by atoms with E-state index in [2.05, 4.69) is 35.5 Å². The molecular weight excluding hydrogens is 441 g/mol. The van der Waals surface area contributed by atoms with Gasteiger partial charge in [-0.05, 0) is 57.2 Å². The van der Waals surface area contributed by atoms with Crippen molar-refractivity contribution in [1.82, 2.24) is 10.6 Å². The number of ether oxygens (including phenoxy) is 1. The van der Waals surface area contributed by atoms with Crippen molar-refractivity contribution >= 4 is 29.9 Å². The van der Waals surface area contributed by atoms with Gasteiger partial charge in [0.05, 0.1) is 12.6 Å². The average molecular weight is 477 g/mol. The molecule has 0 bridgehead atoms. The fourth-order valence-electron chi connectivity index (χ4n) is 2.68. The van der Waals surface area contributed by atoms with Gasteiger partial charge in [-0.15, -0.1) is 24.0 Å². The zero-order valence-corrected chi connectivity index (χ0v) is 19.0. The normalized spacial score (nSPS) is 12.5. The predicted octanol–water partition coefficient (Wildman–Crippen LogP) is 3.95. The quantitative estimate of drug-likeness (QED) is 0.257. The third kappa shape index (κ3) is 10.9. The summed E-state index contributed by atoms with van der Waals surface area (Å²) in [4.78, 5) is 4.67. The summed E-state index contributed by atoms with van der Waals surface area (Å²) in [5.41, 5.74) is 1.12. The van der Waals surface area contributed by atoms with E-state index >= 15 is 0 Å². The number of nitrogens with zero attached hydrogens (tertiary/aromatic N) is 1. The maximum atomic E-state index is 9.19. The first-order valence-corrected chi connectivity index (χ1v) is 9.47. The molecule has 1 unspecified atom stereocenters. The molecule has 0 spiro atoms. The highest BCUT2D eigenvalue weighted by atomic mass is 127. The van der Waals surface area contributed by atoms with Crippen LogP contribution in [0.2, 0.25) is 0 Å². The van der Waals surface area contributed by atoms with E-state index < -0.39 is 0 Å². The van der Waals surface area contributed by atoms with Crippen molar-refractivity contribution in [3.63, 3.8) is 0 Å². The van der Waals surface area contributed by atoms with E-state index in [1.165, 1.54) is 0 Å². The predicted molar refractivity (Wildman–Crippen MR) is 121 cm³/mol. The second-order valence-electron chi connectivity index (χ2n) is 6.56. The molecule has 0 saturated heterocycles. The number of rotatable bonds is 11. The van der Waals surface area contributed by atoms with Gasteiger partial charge in [-0.25, -0.2) is 4.99 Å². The molecule has 1 rings (SSSR count). The lowest BCUT2D eigenvalue weighted by Gasteiger charge is -2.18. The van der Waals surface area contributed by atoms with Gasteiger partial charge in [0, 0.05) is 19.7 Å². The van der Waals surface area contributed by atoms with Gasteiger partial charge in [-0.3, -0.25) is 0 Å². The van der Waals surface area contributed by atoms with Crippen LogP contribution < -0.4 is 15.4 Å². The van der Waals surface area contributed by atoms with E-state index in [9.17, 15) is 5.11 Å². The fraction of sp³-hybridized carbons (Fsp3) is 0.650. The lowest BCUT2D eigenvalue weighted by Crippen LogP contribution is -2.40. The minimum absolute atomic E-state index is 0. The zero-order valence-electron chi connectivity index (χ0n) is 16.6. The molecule has 0 aliphatic rings. The molecule has 1 aromatic rings. The Bertz CT molecular complexity index is 504. The summed E-state index contributed by atoms with van der Waals surface area (Å²) < 4.78 is 5.74. The first-order chi connectivity index (χ1) is 12.1. The smallest absolute Gasteiger partial charge is 0.191 e. The lowest BCUT2D eigenvalue weighted by atomic mass is 10.0. The van der Waals surface area contributed by atoms with E-state index in [1.54, 1.807) is 0 Å². The summed E-state index contributed by atoms with van der Waals surface area (Å²) in [6, 6.07) is 8.08. The van der Waals surface area contributed by atoms with Crippen LogP contribution in [0.3, 0.4) is 0 Å². The van der Waals surface area contributed by atoms with Gasteiger partial charge < -0.3 is 20.5 Å². The minimum atomic E-state index is 0. The number of aliphatic hydroxyl groups excluding tert-OH is 1. The Hall–Kier alpha value is -1.02. The van der Waals surface area contributed by atoms with Crippen LogP contribution in [-0.2, 0) is 6.54 Å². The van der Waals surface area contributed by atoms with Gasteiger partial charge in [0.1, 0.15) is 5.75 Å². The number of hydrogen-bond acceptors (Lipinski definition) is 3. The molecule has 1 atom stereocenters. The monoisotopic (exact) mass is 477 g/mol. The lowest BCUT2D eigenvalue weighted by molar-refractivity contribution is 0.242. The molecule has 6 heteroatoms. The van der Waals surface area contributed by atoms with Crippen LogP contribution >= 0.6 is 24.0 Å². The summed E-state index contributed by atoms with van der Waals surface area (Å²) in [6.45, 7) is 10.8. The molecule has 26 heavy (non-hydrogen) atoms. The van der Waals surface area contributed by atoms with Crippen LogP contribution in [0.25, 0.3) is 0 Å². The van der Waals surface area contributed by atoms with Gasteiger partial charge in [0.25, 0.3) is 0 Å². The summed E-state index contributed by atoms with van der Waals surface area (Å²) in [5.74, 6) is 2.17. The largest absolute Gasteiger partial charge is 0.491 e. The van der Waals surface area contributed by atoms with Crippen LogP contribution in [0, 0.1) is 5.92 Å². The summed E-state index contributed by atoms with van der Waals surface area (Å²) in [5, 5.41) is 15.9. The first kappa shape index (κ1) is 25.0. The second-order valence-corrected chi connectivity index (χ2v) is 6.56. The molecule has 0 aromatic heterocycles. The number of halogens is 1. The summed E-state index contributed by atoms with van der Waals surface area (Å²) in [7, 11) is 0. The van der Waals surface area contributed by atoms with E-state index in [4.69, 9.17) is 4.74 Å². The maximum Gasteiger partial charge on any atom is 0.191 e. The number of nitrogens with one attached hydrogen (secondary N) is 2. The third-order valence-electron chi connectivity index (χ3n) is 3.83. The molecule has 5 nitrogen and oxygen atoms in total. The highest BCUT2D eigenvalue weighted by Gasteiger charge is 2.08. The van der Waals surface area contributed by atoms with Crippen molar-refractivity contribution in [2.24, 2.45) is 10.9 Å². The number of aliphatic imine (C=N–C) groups is 1. The van der Waals surface area contributed by atoms with E-state index in [0.29, 0.717) is 12.5 Å². The number of aliphatic hydroxyl groups is 1. The molecule has 150 valence electrons. The Morgan fingerprint density at radius 2 is 1.96 bits per heavy atom. The van der Waals surface area contributed by atoms with Crippen molar-refractivity contribution in [3.8, 4) is 5.75 Å². The molecule has 0 saturated carbocycles. The van der Waals surface area contributed by atoms with Crippen molar-refractivity contribution in [1.29, 1.82) is 0 Å². The average Bonchev–Trinajstić information content (AvgIpc) is 2.57. The summed E-state index contributed by atoms with van der Waals surface area (Å²) in [6.07, 6.45) is 3.23. The number of guanidine groups is 1. The molecule has 0 radical (unpaired) electrons. The molecule has 1 aromatic carbocycles. The third-order valence-corrected chi connectivity index (χ3v) is 3.83. The van der Waals surface area contributed by atoms with Gasteiger partial charge in [0.15, 0.2) is 5.96 Å². The SMILES string of the molecule is CCCC(CCO)CNC(=NCc1cccc(OC(C)C)c1)NCC.I. The Morgan fingerprint density at radius 3 is 2.58 bits per heavy atom. The van der Waals surface area contributed by atoms with Crippen LogP contribution in [0.15, 0.2) is 29.3 Å². The standard InChI is InChI=1S/C20H35N3O2.HI/c1-5-8-17(11-12-24)14-22-20(21-6-2)23-15-18-9-7-10-19(13-18)25-16(3)4;/h7,9-10,13,16-17,24H,5-6,8,11-12,14-15H2,1-4H3,(H2,21,22,23);1H. The van der Waals surface area contributed by atoms with Gasteiger partial charge in [-0.2, -0.15) is 0 Å². The van der Waals surface area contributed by atoms with E-state index in [0.717, 1.165) is 49.6 Å². The van der Waals surface area contributed by atoms with Crippen molar-refractivity contribution in [2.75, 3.05) is 19.7 Å². The zero-order chi connectivity index (χ0) is 18.5. The van der Waals surface area contributed by atoms with Crippen LogP contribution in [0.1, 0.15) is 52.5 Å². The van der Waals surface area contributed by atoms with Crippen molar-refractivity contribution in [2.45, 2.75) is 59.6 Å². The molecular formula is C20H36IN3O2. The molecule has 0 aliphatic carbocycles. The molecule has 0 fully saturated rings. The van der Waals surface area contributed by atoms with E-state index in [-0.39, 0.29) is 36.7 Å². The Balaban J connectivity index is 0.00000625. The Morgan fingerprint density at radius 1 is 1.19 bits per heavy atom. The van der Waals surface area contributed by atoms with Crippen LogP contribution in [0.5, 0.6) is 5.75 Å². The van der Waals surface area contributed by atoms with Crippen molar-refractivity contribution in [3.05, 3.63) is 29.8 Å². The number of benzene rings is 1. The first-order valence-electron chi connectivity index (χ1n) is 9.47. The Labute approximate surface area is 176 Å². The van der Waals surface area contributed by atoms with Crippen LogP contribution in [-0.4, -0.2) is 36.9 Å². The van der Waals surface area contributed by atoms with Crippen molar-refractivity contribution < 1.29 is 9.84 Å². The van der Waals surface area contributed by atoms with E-state index in [1.807, 2.05) is 32.0 Å². The number of hydrogen-bond donors (Lipinski definition) is 3. The molecule has 0 heterocycles. The highest BCUT2D eigenvalue weighted by Crippen LogP contribution is 2.15. The Kier molecular flexibility index (Phi) is 14.5.